The van der Waals surface area contributed by atoms with Crippen LogP contribution in [0.25, 0.3) is 5.57 Å². The van der Waals surface area contributed by atoms with Crippen LogP contribution in [0.1, 0.15) is 52.7 Å². The van der Waals surface area contributed by atoms with Gasteiger partial charge in [0, 0.05) is 5.38 Å². The van der Waals surface area contributed by atoms with Crippen molar-refractivity contribution in [3.8, 4) is 0 Å². The lowest BCUT2D eigenvalue weighted by Gasteiger charge is -2.20. The van der Waals surface area contributed by atoms with Gasteiger partial charge in [-0.1, -0.05) is 25.8 Å². The molecule has 1 aromatic heterocycles. The van der Waals surface area contributed by atoms with Crippen LogP contribution in [0, 0.1) is 0 Å². The second-order valence-electron chi connectivity index (χ2n) is 5.33. The molecule has 0 saturated heterocycles. The lowest BCUT2D eigenvalue weighted by Crippen LogP contribution is -2.24. The first-order valence-electron chi connectivity index (χ1n) is 6.48. The summed E-state index contributed by atoms with van der Waals surface area (Å²) in [7, 11) is 0. The number of hydrogen-bond acceptors (Lipinski definition) is 5. The number of thiazole rings is 1. The van der Waals surface area contributed by atoms with Gasteiger partial charge in [0.05, 0.1) is 11.3 Å². The molecule has 0 aliphatic heterocycles. The minimum absolute atomic E-state index is 0.339. The molecule has 19 heavy (non-hydrogen) atoms. The zero-order chi connectivity index (χ0) is 14.5. The first-order valence-corrected chi connectivity index (χ1v) is 7.36. The molecule has 0 spiro atoms. The largest absolute Gasteiger partial charge is 0.456 e. The number of esters is 1. The number of nitrogens with zero attached hydrogens (tertiary/aromatic N) is 1. The van der Waals surface area contributed by atoms with Crippen molar-refractivity contribution in [2.45, 2.75) is 52.6 Å². The molecule has 0 aliphatic carbocycles. The predicted octanol–water partition coefficient (Wildman–Crippen LogP) is 3.64. The quantitative estimate of drug-likeness (QED) is 0.508. The van der Waals surface area contributed by atoms with E-state index in [0.29, 0.717) is 16.4 Å². The predicted molar refractivity (Wildman–Crippen MR) is 79.9 cm³/mol. The van der Waals surface area contributed by atoms with Crippen molar-refractivity contribution in [2.24, 2.45) is 0 Å². The number of hydrogen-bond donors (Lipinski definition) is 1. The standard InChI is InChI=1S/C14H22N2O2S/c1-5-6-7-8-10(11-9-19-13(15)16-11)12(17)18-14(2,3)4/h8-9H,5-7H2,1-4H3,(H2,15,16)/b10-8-. The van der Waals surface area contributed by atoms with Crippen LogP contribution in [-0.2, 0) is 9.53 Å². The minimum Gasteiger partial charge on any atom is -0.456 e. The van der Waals surface area contributed by atoms with Gasteiger partial charge in [0.1, 0.15) is 5.60 Å². The number of anilines is 1. The average molecular weight is 282 g/mol. The van der Waals surface area contributed by atoms with E-state index < -0.39 is 5.60 Å². The summed E-state index contributed by atoms with van der Waals surface area (Å²) in [6.45, 7) is 7.67. The highest BCUT2D eigenvalue weighted by Gasteiger charge is 2.22. The second-order valence-corrected chi connectivity index (χ2v) is 6.22. The Balaban J connectivity index is 2.93. The van der Waals surface area contributed by atoms with E-state index in [1.54, 1.807) is 5.38 Å². The third-order valence-electron chi connectivity index (χ3n) is 2.32. The van der Waals surface area contributed by atoms with Gasteiger partial charge in [0.2, 0.25) is 0 Å². The minimum atomic E-state index is -0.511. The van der Waals surface area contributed by atoms with Gasteiger partial charge in [-0.3, -0.25) is 0 Å². The van der Waals surface area contributed by atoms with E-state index in [9.17, 15) is 4.79 Å². The molecule has 0 amide bonds. The van der Waals surface area contributed by atoms with E-state index in [0.717, 1.165) is 19.3 Å². The Hall–Kier alpha value is -1.36. The number of rotatable bonds is 5. The Morgan fingerprint density at radius 1 is 1.53 bits per heavy atom. The Bertz CT molecular complexity index is 458. The summed E-state index contributed by atoms with van der Waals surface area (Å²) in [4.78, 5) is 16.4. The number of unbranched alkanes of at least 4 members (excludes halogenated alkanes) is 2. The summed E-state index contributed by atoms with van der Waals surface area (Å²) < 4.78 is 5.41. The number of carbonyl (C=O) groups is 1. The number of carbonyl (C=O) groups excluding carboxylic acids is 1. The molecular formula is C14H22N2O2S. The molecule has 2 N–H and O–H groups in total. The molecule has 1 aromatic rings. The van der Waals surface area contributed by atoms with Gasteiger partial charge in [-0.2, -0.15) is 0 Å². The van der Waals surface area contributed by atoms with Crippen LogP contribution in [0.4, 0.5) is 5.13 Å². The first kappa shape index (κ1) is 15.7. The molecule has 1 heterocycles. The van der Waals surface area contributed by atoms with E-state index in [-0.39, 0.29) is 5.97 Å². The van der Waals surface area contributed by atoms with Crippen molar-refractivity contribution in [1.29, 1.82) is 0 Å². The maximum absolute atomic E-state index is 12.2. The smallest absolute Gasteiger partial charge is 0.340 e. The molecule has 4 nitrogen and oxygen atoms in total. The van der Waals surface area contributed by atoms with E-state index in [2.05, 4.69) is 11.9 Å². The van der Waals surface area contributed by atoms with E-state index in [4.69, 9.17) is 10.5 Å². The fourth-order valence-corrected chi connectivity index (χ4v) is 2.05. The number of aromatic nitrogens is 1. The lowest BCUT2D eigenvalue weighted by atomic mass is 10.1. The van der Waals surface area contributed by atoms with Crippen molar-refractivity contribution in [1.82, 2.24) is 4.98 Å². The molecule has 0 atom stereocenters. The highest BCUT2D eigenvalue weighted by Crippen LogP contribution is 2.23. The zero-order valence-corrected chi connectivity index (χ0v) is 12.8. The molecule has 0 aromatic carbocycles. The highest BCUT2D eigenvalue weighted by molar-refractivity contribution is 7.13. The Labute approximate surface area is 118 Å². The third-order valence-corrected chi connectivity index (χ3v) is 3.00. The molecule has 5 heteroatoms. The zero-order valence-electron chi connectivity index (χ0n) is 12.0. The summed E-state index contributed by atoms with van der Waals surface area (Å²) in [6.07, 6.45) is 4.85. The normalized spacial score (nSPS) is 12.5. The summed E-state index contributed by atoms with van der Waals surface area (Å²) >= 11 is 1.33. The van der Waals surface area contributed by atoms with Gasteiger partial charge in [-0.15, -0.1) is 11.3 Å². The molecule has 1 rings (SSSR count). The maximum Gasteiger partial charge on any atom is 0.340 e. The maximum atomic E-state index is 12.2. The number of nitrogen functional groups attached to an aromatic ring is 1. The SMILES string of the molecule is CCCC/C=C(\C(=O)OC(C)(C)C)c1csc(N)n1. The van der Waals surface area contributed by atoms with Crippen LogP contribution in [-0.4, -0.2) is 16.6 Å². The van der Waals surface area contributed by atoms with Crippen molar-refractivity contribution < 1.29 is 9.53 Å². The summed E-state index contributed by atoms with van der Waals surface area (Å²) in [6, 6.07) is 0. The van der Waals surface area contributed by atoms with Crippen molar-refractivity contribution in [2.75, 3.05) is 5.73 Å². The molecule has 0 bridgehead atoms. The van der Waals surface area contributed by atoms with Crippen LogP contribution in [0.15, 0.2) is 11.5 Å². The molecule has 106 valence electrons. The fourth-order valence-electron chi connectivity index (χ4n) is 1.49. The highest BCUT2D eigenvalue weighted by atomic mass is 32.1. The van der Waals surface area contributed by atoms with Gasteiger partial charge >= 0.3 is 5.97 Å². The molecule has 0 radical (unpaired) electrons. The summed E-state index contributed by atoms with van der Waals surface area (Å²) in [5.41, 5.74) is 6.23. The molecule has 0 fully saturated rings. The van der Waals surface area contributed by atoms with Crippen molar-refractivity contribution in [3.05, 3.63) is 17.2 Å². The fraction of sp³-hybridized carbons (Fsp3) is 0.571. The monoisotopic (exact) mass is 282 g/mol. The van der Waals surface area contributed by atoms with E-state index in [1.807, 2.05) is 26.8 Å². The Morgan fingerprint density at radius 3 is 2.68 bits per heavy atom. The number of nitrogens with two attached hydrogens (primary N) is 1. The van der Waals surface area contributed by atoms with Gasteiger partial charge < -0.3 is 10.5 Å². The Kier molecular flexibility index (Phi) is 5.54. The second kappa shape index (κ2) is 6.70. The number of ether oxygens (including phenoxy) is 1. The Morgan fingerprint density at radius 2 is 2.21 bits per heavy atom. The van der Waals surface area contributed by atoms with Crippen molar-refractivity contribution >= 4 is 28.0 Å². The van der Waals surface area contributed by atoms with Crippen LogP contribution < -0.4 is 5.73 Å². The average Bonchev–Trinajstić information content (AvgIpc) is 2.68. The first-order chi connectivity index (χ1) is 8.83. The van der Waals surface area contributed by atoms with E-state index in [1.165, 1.54) is 11.3 Å². The number of allylic oxidation sites excluding steroid dienone is 1. The van der Waals surface area contributed by atoms with Gasteiger partial charge in [-0.25, -0.2) is 9.78 Å². The summed E-state index contributed by atoms with van der Waals surface area (Å²) in [5.74, 6) is -0.339. The molecular weight excluding hydrogens is 260 g/mol. The van der Waals surface area contributed by atoms with Crippen LogP contribution in [0.2, 0.25) is 0 Å². The molecule has 0 unspecified atom stereocenters. The van der Waals surface area contributed by atoms with E-state index >= 15 is 0 Å². The summed E-state index contributed by atoms with van der Waals surface area (Å²) in [5, 5.41) is 2.25. The topological polar surface area (TPSA) is 65.2 Å². The molecule has 0 aliphatic rings. The van der Waals surface area contributed by atoms with Crippen LogP contribution in [0.3, 0.4) is 0 Å². The third kappa shape index (κ3) is 5.42. The van der Waals surface area contributed by atoms with Crippen LogP contribution in [0.5, 0.6) is 0 Å². The van der Waals surface area contributed by atoms with Gasteiger partial charge in [-0.05, 0) is 27.2 Å². The van der Waals surface area contributed by atoms with Gasteiger partial charge in [0.15, 0.2) is 5.13 Å². The lowest BCUT2D eigenvalue weighted by molar-refractivity contribution is -0.147. The van der Waals surface area contributed by atoms with Crippen LogP contribution >= 0.6 is 11.3 Å². The molecule has 0 saturated carbocycles. The van der Waals surface area contributed by atoms with Crippen molar-refractivity contribution in [3.63, 3.8) is 0 Å². The van der Waals surface area contributed by atoms with Gasteiger partial charge in [0.25, 0.3) is 0 Å².